The molecule has 1 fully saturated rings. The Bertz CT molecular complexity index is 949. The molecule has 0 bridgehead atoms. The monoisotopic (exact) mass is 391 g/mol. The number of amides is 1. The minimum absolute atomic E-state index is 0.0737. The summed E-state index contributed by atoms with van der Waals surface area (Å²) in [7, 11) is 1.62. The average Bonchev–Trinajstić information content (AvgIpc) is 3.46. The van der Waals surface area contributed by atoms with E-state index in [1.165, 1.54) is 0 Å². The summed E-state index contributed by atoms with van der Waals surface area (Å²) in [6, 6.07) is 17.2. The van der Waals surface area contributed by atoms with Gasteiger partial charge in [0.15, 0.2) is 0 Å². The summed E-state index contributed by atoms with van der Waals surface area (Å²) < 4.78 is 10.8. The smallest absolute Gasteiger partial charge is 0.249 e. The topological polar surface area (TPSA) is 77.3 Å². The number of carbonyl (C=O) groups excluding carboxylic acids is 1. The molecule has 0 spiro atoms. The van der Waals surface area contributed by atoms with Gasteiger partial charge in [0, 0.05) is 17.9 Å². The highest BCUT2D eigenvalue weighted by molar-refractivity contribution is 5.79. The molecule has 1 saturated carbocycles. The van der Waals surface area contributed by atoms with Gasteiger partial charge in [0.2, 0.25) is 17.6 Å². The zero-order valence-corrected chi connectivity index (χ0v) is 16.5. The van der Waals surface area contributed by atoms with E-state index in [1.54, 1.807) is 7.11 Å². The van der Waals surface area contributed by atoms with Gasteiger partial charge in [-0.05, 0) is 30.5 Å². The lowest BCUT2D eigenvalue weighted by Crippen LogP contribution is -2.34. The van der Waals surface area contributed by atoms with Crippen LogP contribution in [0.25, 0.3) is 11.4 Å². The molecule has 0 unspecified atom stereocenters. The highest BCUT2D eigenvalue weighted by atomic mass is 16.5. The lowest BCUT2D eigenvalue weighted by molar-refractivity contribution is -0.125. The zero-order chi connectivity index (χ0) is 20.1. The first-order valence-corrected chi connectivity index (χ1v) is 10.1. The molecule has 1 N–H and O–H groups in total. The number of methoxy groups -OCH3 is 1. The van der Waals surface area contributed by atoms with Crippen molar-refractivity contribution in [1.29, 1.82) is 0 Å². The number of rotatable bonds is 7. The van der Waals surface area contributed by atoms with Crippen molar-refractivity contribution < 1.29 is 14.1 Å². The third-order valence-corrected chi connectivity index (χ3v) is 5.39. The summed E-state index contributed by atoms with van der Waals surface area (Å²) in [6.07, 6.45) is 4.72. The van der Waals surface area contributed by atoms with Crippen LogP contribution in [0, 0.1) is 5.92 Å². The van der Waals surface area contributed by atoms with E-state index in [9.17, 15) is 4.79 Å². The van der Waals surface area contributed by atoms with Crippen LogP contribution in [0.3, 0.4) is 0 Å². The first kappa shape index (κ1) is 19.2. The van der Waals surface area contributed by atoms with E-state index in [0.717, 1.165) is 42.6 Å². The standard InChI is InChI=1S/C23H25N3O3/c1-28-19-13-7-12-18(15-19)21-25-23(29-26-21)20(14-16-8-3-2-4-9-16)24-22(27)17-10-5-6-11-17/h2-4,7-9,12-13,15,17,20H,5-6,10-11,14H2,1H3,(H,24,27)/t20-/m0/s1. The Kier molecular flexibility index (Phi) is 5.89. The fourth-order valence-corrected chi connectivity index (χ4v) is 3.78. The summed E-state index contributed by atoms with van der Waals surface area (Å²) in [5, 5.41) is 7.29. The molecule has 4 rings (SSSR count). The van der Waals surface area contributed by atoms with E-state index < -0.39 is 0 Å². The van der Waals surface area contributed by atoms with Gasteiger partial charge < -0.3 is 14.6 Å². The molecule has 1 aromatic heterocycles. The Morgan fingerprint density at radius 3 is 2.72 bits per heavy atom. The number of nitrogens with zero attached hydrogens (tertiary/aromatic N) is 2. The maximum Gasteiger partial charge on any atom is 0.249 e. The maximum atomic E-state index is 12.8. The van der Waals surface area contributed by atoms with Crippen molar-refractivity contribution in [2.24, 2.45) is 5.92 Å². The molecule has 6 nitrogen and oxygen atoms in total. The third-order valence-electron chi connectivity index (χ3n) is 5.39. The van der Waals surface area contributed by atoms with Crippen molar-refractivity contribution in [3.05, 3.63) is 66.1 Å². The molecule has 3 aromatic rings. The molecule has 29 heavy (non-hydrogen) atoms. The van der Waals surface area contributed by atoms with Gasteiger partial charge in [-0.3, -0.25) is 4.79 Å². The predicted molar refractivity (Wildman–Crippen MR) is 109 cm³/mol. The third kappa shape index (κ3) is 4.65. The summed E-state index contributed by atoms with van der Waals surface area (Å²) in [5.74, 6) is 1.77. The number of hydrogen-bond acceptors (Lipinski definition) is 5. The van der Waals surface area contributed by atoms with Crippen molar-refractivity contribution in [2.45, 2.75) is 38.1 Å². The van der Waals surface area contributed by atoms with E-state index in [2.05, 4.69) is 15.5 Å². The molecule has 1 amide bonds. The molecular formula is C23H25N3O3. The fourth-order valence-electron chi connectivity index (χ4n) is 3.78. The van der Waals surface area contributed by atoms with Crippen LogP contribution in [0.15, 0.2) is 59.1 Å². The molecule has 1 heterocycles. The summed E-state index contributed by atoms with van der Waals surface area (Å²) in [4.78, 5) is 17.3. The SMILES string of the molecule is COc1cccc(-c2noc([C@H](Cc3ccccc3)NC(=O)C3CCCC3)n2)c1. The minimum atomic E-state index is -0.364. The summed E-state index contributed by atoms with van der Waals surface area (Å²) >= 11 is 0. The van der Waals surface area contributed by atoms with Crippen molar-refractivity contribution in [3.8, 4) is 17.1 Å². The molecular weight excluding hydrogens is 366 g/mol. The van der Waals surface area contributed by atoms with E-state index in [1.807, 2.05) is 54.6 Å². The van der Waals surface area contributed by atoms with Gasteiger partial charge in [-0.1, -0.05) is 60.5 Å². The lowest BCUT2D eigenvalue weighted by atomic mass is 10.0. The molecule has 0 saturated heterocycles. The average molecular weight is 391 g/mol. The van der Waals surface area contributed by atoms with Gasteiger partial charge in [0.25, 0.3) is 0 Å². The first-order chi connectivity index (χ1) is 14.2. The zero-order valence-electron chi connectivity index (χ0n) is 16.5. The van der Waals surface area contributed by atoms with Crippen LogP contribution in [0.1, 0.15) is 43.2 Å². The summed E-state index contributed by atoms with van der Waals surface area (Å²) in [6.45, 7) is 0. The minimum Gasteiger partial charge on any atom is -0.497 e. The number of carbonyl (C=O) groups is 1. The number of benzene rings is 2. The van der Waals surface area contributed by atoms with E-state index in [-0.39, 0.29) is 17.9 Å². The number of hydrogen-bond donors (Lipinski definition) is 1. The molecule has 1 aliphatic rings. The molecule has 0 radical (unpaired) electrons. The van der Waals surface area contributed by atoms with Crippen LogP contribution >= 0.6 is 0 Å². The van der Waals surface area contributed by atoms with Crippen molar-refractivity contribution in [3.63, 3.8) is 0 Å². The van der Waals surface area contributed by atoms with Gasteiger partial charge in [0.1, 0.15) is 11.8 Å². The number of ether oxygens (including phenoxy) is 1. The quantitative estimate of drug-likeness (QED) is 0.648. The highest BCUT2D eigenvalue weighted by Gasteiger charge is 2.28. The van der Waals surface area contributed by atoms with Gasteiger partial charge in [-0.2, -0.15) is 4.98 Å². The van der Waals surface area contributed by atoms with Crippen LogP contribution in [0.4, 0.5) is 0 Å². The second-order valence-corrected chi connectivity index (χ2v) is 7.42. The Hall–Kier alpha value is -3.15. The van der Waals surface area contributed by atoms with E-state index >= 15 is 0 Å². The molecule has 1 atom stereocenters. The molecule has 2 aromatic carbocycles. The number of nitrogens with one attached hydrogen (secondary N) is 1. The molecule has 0 aliphatic heterocycles. The Labute approximate surface area is 170 Å². The molecule has 6 heteroatoms. The van der Waals surface area contributed by atoms with Crippen molar-refractivity contribution >= 4 is 5.91 Å². The van der Waals surface area contributed by atoms with E-state index in [4.69, 9.17) is 9.26 Å². The molecule has 1 aliphatic carbocycles. The van der Waals surface area contributed by atoms with Crippen molar-refractivity contribution in [1.82, 2.24) is 15.5 Å². The lowest BCUT2D eigenvalue weighted by Gasteiger charge is -2.18. The fraction of sp³-hybridized carbons (Fsp3) is 0.348. The van der Waals surface area contributed by atoms with Gasteiger partial charge in [0.05, 0.1) is 7.11 Å². The first-order valence-electron chi connectivity index (χ1n) is 10.1. The maximum absolute atomic E-state index is 12.8. The number of aromatic nitrogens is 2. The molecule has 150 valence electrons. The predicted octanol–water partition coefficient (Wildman–Crippen LogP) is 4.34. The van der Waals surface area contributed by atoms with Crippen LogP contribution in [0.2, 0.25) is 0 Å². The highest BCUT2D eigenvalue weighted by Crippen LogP contribution is 2.28. The Morgan fingerprint density at radius 2 is 1.97 bits per heavy atom. The van der Waals surface area contributed by atoms with E-state index in [0.29, 0.717) is 18.1 Å². The van der Waals surface area contributed by atoms with Crippen LogP contribution in [0.5, 0.6) is 5.75 Å². The summed E-state index contributed by atoms with van der Waals surface area (Å²) in [5.41, 5.74) is 1.91. The Morgan fingerprint density at radius 1 is 1.17 bits per heavy atom. The van der Waals surface area contributed by atoms with Gasteiger partial charge in [-0.25, -0.2) is 0 Å². The normalized spacial score (nSPS) is 15.2. The van der Waals surface area contributed by atoms with Gasteiger partial charge >= 0.3 is 0 Å². The second kappa shape index (κ2) is 8.90. The van der Waals surface area contributed by atoms with Crippen molar-refractivity contribution in [2.75, 3.05) is 7.11 Å². The van der Waals surface area contributed by atoms with Crippen LogP contribution in [-0.2, 0) is 11.2 Å². The largest absolute Gasteiger partial charge is 0.497 e. The van der Waals surface area contributed by atoms with Gasteiger partial charge in [-0.15, -0.1) is 0 Å². The van der Waals surface area contributed by atoms with Crippen LogP contribution in [-0.4, -0.2) is 23.2 Å². The Balaban J connectivity index is 1.58. The second-order valence-electron chi connectivity index (χ2n) is 7.42. The van der Waals surface area contributed by atoms with Crippen LogP contribution < -0.4 is 10.1 Å².